The highest BCUT2D eigenvalue weighted by Gasteiger charge is 2.52. The lowest BCUT2D eigenvalue weighted by molar-refractivity contribution is 1.31. The Kier molecular flexibility index (Phi) is 3.94. The van der Waals surface area contributed by atoms with E-state index in [0.29, 0.717) is 0 Å². The van der Waals surface area contributed by atoms with Gasteiger partial charge >= 0.3 is 14.0 Å². The number of anilines is 4. The van der Waals surface area contributed by atoms with Crippen molar-refractivity contribution in [2.45, 2.75) is 0 Å². The Labute approximate surface area is 274 Å². The third kappa shape index (κ3) is 2.49. The molecular weight excluding hydrogens is 590 g/mol. The fourth-order valence-electron chi connectivity index (χ4n) is 9.61. The molecule has 0 unspecified atom stereocenters. The van der Waals surface area contributed by atoms with Gasteiger partial charge in [0.25, 0.3) is 0 Å². The van der Waals surface area contributed by atoms with Crippen LogP contribution in [0.2, 0.25) is 0 Å². The highest BCUT2D eigenvalue weighted by atomic mass is 32.1. The van der Waals surface area contributed by atoms with Gasteiger partial charge in [-0.2, -0.15) is 11.3 Å². The lowest BCUT2D eigenvalue weighted by Crippen LogP contribution is -2.51. The molecule has 0 saturated heterocycles. The molecule has 4 aliphatic rings. The van der Waals surface area contributed by atoms with Crippen LogP contribution in [0.25, 0.3) is 65.9 Å². The predicted octanol–water partition coefficient (Wildman–Crippen LogP) is 8.72. The van der Waals surface area contributed by atoms with Gasteiger partial charge in [-0.25, -0.2) is 0 Å². The normalized spacial score (nSPS) is 14.6. The van der Waals surface area contributed by atoms with Crippen LogP contribution in [-0.2, 0) is 0 Å². The van der Waals surface area contributed by atoms with Gasteiger partial charge in [-0.05, 0) is 36.4 Å². The second-order valence-electron chi connectivity index (χ2n) is 13.2. The highest BCUT2D eigenvalue weighted by Crippen LogP contribution is 2.55. The lowest BCUT2D eigenvalue weighted by atomic mass is 9.61. The summed E-state index contributed by atoms with van der Waals surface area (Å²) in [4.78, 5) is 5.23. The fourth-order valence-corrected chi connectivity index (χ4v) is 11.1. The van der Waals surface area contributed by atoms with Crippen molar-refractivity contribution in [2.75, 3.05) is 9.62 Å². The molecule has 4 aliphatic heterocycles. The van der Waals surface area contributed by atoms with Gasteiger partial charge in [0.1, 0.15) is 0 Å². The number of thiophene rings is 1. The molecule has 0 bridgehead atoms. The van der Waals surface area contributed by atoms with Crippen molar-refractivity contribution in [2.24, 2.45) is 0 Å². The third-order valence-corrected chi connectivity index (χ3v) is 12.5. The number of fused-ring (bicyclic) bond motifs is 23. The largest absolute Gasteiger partial charge is 0.431 e. The standard InChI is InChI=1S/C40H22B2N4S/c1-5-17-29-23(11-1)25-15-9-21-33-37(25)45(29)41-39-35(27-13-3-7-19-31(27)43(33)41)36-28-14-4-8-20-32(28)44-34-22-10-16-26-24-12-2-6-18-30(24)46(38(26)34)42(44)40(36)47-39/h1-22H. The maximum absolute atomic E-state index is 2.63. The molecule has 7 heterocycles. The minimum absolute atomic E-state index is 0.0427. The number of benzene rings is 6. The van der Waals surface area contributed by atoms with Crippen LogP contribution in [0.5, 0.6) is 0 Å². The summed E-state index contributed by atoms with van der Waals surface area (Å²) in [7, 11) is 0. The molecule has 7 heteroatoms. The van der Waals surface area contributed by atoms with Crippen LogP contribution >= 0.6 is 11.3 Å². The van der Waals surface area contributed by atoms with E-state index >= 15 is 0 Å². The molecule has 47 heavy (non-hydrogen) atoms. The Hall–Kier alpha value is -5.65. The van der Waals surface area contributed by atoms with Crippen molar-refractivity contribution < 1.29 is 0 Å². The summed E-state index contributed by atoms with van der Waals surface area (Å²) in [6, 6.07) is 49.9. The summed E-state index contributed by atoms with van der Waals surface area (Å²) in [5.74, 6) is 0. The molecule has 13 rings (SSSR count). The minimum Gasteiger partial charge on any atom is -0.359 e. The minimum atomic E-state index is 0.0427. The first kappa shape index (κ1) is 23.7. The van der Waals surface area contributed by atoms with Crippen molar-refractivity contribution in [3.8, 4) is 22.3 Å². The Morgan fingerprint density at radius 1 is 0.383 bits per heavy atom. The van der Waals surface area contributed by atoms with Gasteiger partial charge < -0.3 is 18.6 Å². The molecule has 0 spiro atoms. The van der Waals surface area contributed by atoms with Crippen LogP contribution in [0.4, 0.5) is 22.7 Å². The van der Waals surface area contributed by atoms with Gasteiger partial charge in [0.05, 0.1) is 22.4 Å². The van der Waals surface area contributed by atoms with Gasteiger partial charge in [-0.15, -0.1) is 0 Å². The molecule has 0 atom stereocenters. The molecule has 0 aliphatic carbocycles. The first-order chi connectivity index (χ1) is 23.4. The van der Waals surface area contributed by atoms with E-state index < -0.39 is 0 Å². The van der Waals surface area contributed by atoms with Gasteiger partial charge in [-0.1, -0.05) is 97.1 Å². The summed E-state index contributed by atoms with van der Waals surface area (Å²) in [5, 5.41) is 5.32. The topological polar surface area (TPSA) is 16.3 Å². The Bertz CT molecular complexity index is 2720. The molecule has 214 valence electrons. The lowest BCUT2D eigenvalue weighted by Gasteiger charge is -2.35. The average Bonchev–Trinajstić information content (AvgIpc) is 3.93. The van der Waals surface area contributed by atoms with E-state index in [9.17, 15) is 0 Å². The van der Waals surface area contributed by atoms with E-state index in [1.165, 1.54) is 98.2 Å². The summed E-state index contributed by atoms with van der Waals surface area (Å²) in [6.07, 6.45) is 0. The molecule has 4 nitrogen and oxygen atoms in total. The van der Waals surface area contributed by atoms with E-state index in [1.807, 2.05) is 11.3 Å². The summed E-state index contributed by atoms with van der Waals surface area (Å²) < 4.78 is 8.11. The molecule has 0 fully saturated rings. The van der Waals surface area contributed by atoms with Crippen molar-refractivity contribution in [3.63, 3.8) is 0 Å². The van der Waals surface area contributed by atoms with E-state index in [2.05, 4.69) is 152 Å². The van der Waals surface area contributed by atoms with Crippen LogP contribution < -0.4 is 19.2 Å². The monoisotopic (exact) mass is 612 g/mol. The molecule has 0 radical (unpaired) electrons. The smallest absolute Gasteiger partial charge is 0.359 e. The van der Waals surface area contributed by atoms with Crippen LogP contribution in [0, 0.1) is 0 Å². The molecule has 0 saturated carbocycles. The zero-order chi connectivity index (χ0) is 30.1. The maximum atomic E-state index is 2.63. The van der Waals surface area contributed by atoms with Crippen LogP contribution in [-0.4, -0.2) is 22.9 Å². The maximum Gasteiger partial charge on any atom is 0.431 e. The zero-order valence-electron chi connectivity index (χ0n) is 25.1. The Morgan fingerprint density at radius 3 is 1.30 bits per heavy atom. The van der Waals surface area contributed by atoms with Gasteiger partial charge in [-0.3, -0.25) is 0 Å². The average molecular weight is 612 g/mol. The van der Waals surface area contributed by atoms with Crippen molar-refractivity contribution in [1.29, 1.82) is 0 Å². The summed E-state index contributed by atoms with van der Waals surface area (Å²) in [6.45, 7) is 0.0854. The number of aromatic nitrogens is 2. The Balaban J connectivity index is 1.20. The van der Waals surface area contributed by atoms with E-state index in [4.69, 9.17) is 0 Å². The van der Waals surface area contributed by atoms with Crippen molar-refractivity contribution in [1.82, 2.24) is 8.96 Å². The second-order valence-corrected chi connectivity index (χ2v) is 14.3. The van der Waals surface area contributed by atoms with E-state index in [1.54, 1.807) is 0 Å². The first-order valence-corrected chi connectivity index (χ1v) is 17.2. The molecule has 6 aromatic carbocycles. The number of hydrogen-bond acceptors (Lipinski definition) is 3. The van der Waals surface area contributed by atoms with Crippen molar-refractivity contribution >= 4 is 101 Å². The van der Waals surface area contributed by atoms with Crippen LogP contribution in [0.3, 0.4) is 0 Å². The number of para-hydroxylation sites is 6. The zero-order valence-corrected chi connectivity index (χ0v) is 25.9. The van der Waals surface area contributed by atoms with Gasteiger partial charge in [0, 0.05) is 75.8 Å². The summed E-state index contributed by atoms with van der Waals surface area (Å²) in [5.41, 5.74) is 15.9. The highest BCUT2D eigenvalue weighted by molar-refractivity contribution is 7.34. The van der Waals surface area contributed by atoms with Crippen LogP contribution in [0.15, 0.2) is 133 Å². The Morgan fingerprint density at radius 2 is 0.787 bits per heavy atom. The molecule has 9 aromatic rings. The first-order valence-electron chi connectivity index (χ1n) is 16.4. The third-order valence-electron chi connectivity index (χ3n) is 11.2. The summed E-state index contributed by atoms with van der Waals surface area (Å²) >= 11 is 2.03. The molecule has 0 amide bonds. The van der Waals surface area contributed by atoms with E-state index in [-0.39, 0.29) is 14.0 Å². The van der Waals surface area contributed by atoms with Gasteiger partial charge in [0.15, 0.2) is 0 Å². The quantitative estimate of drug-likeness (QED) is 0.159. The number of nitrogens with zero attached hydrogens (tertiary/aromatic N) is 4. The SMILES string of the molecule is c1ccc2c(c1)-c1c(sc3c1-c1ccccc1N1B3n3c4ccccc4c4cccc1c43)B1N2c2cccc3c4ccccc4n1c23. The number of hydrogen-bond donors (Lipinski definition) is 0. The molecular formula is C40H22B2N4S. The van der Waals surface area contributed by atoms with Crippen LogP contribution in [0.1, 0.15) is 0 Å². The second kappa shape index (κ2) is 7.83. The number of rotatable bonds is 0. The fraction of sp³-hybridized carbons (Fsp3) is 0. The molecule has 3 aromatic heterocycles. The van der Waals surface area contributed by atoms with E-state index in [0.717, 1.165) is 0 Å². The van der Waals surface area contributed by atoms with Gasteiger partial charge in [0.2, 0.25) is 0 Å². The predicted molar refractivity (Wildman–Crippen MR) is 200 cm³/mol. The molecule has 0 N–H and O–H groups in total. The van der Waals surface area contributed by atoms with Crippen molar-refractivity contribution in [3.05, 3.63) is 133 Å².